The number of aliphatic hydroxyl groups is 1. The second kappa shape index (κ2) is 5.59. The zero-order chi connectivity index (χ0) is 14.6. The zero-order valence-corrected chi connectivity index (χ0v) is 9.94. The third-order valence-electron chi connectivity index (χ3n) is 2.63. The summed E-state index contributed by atoms with van der Waals surface area (Å²) in [6, 6.07) is 7.15. The number of carboxylic acid groups (broad SMARTS) is 2. The van der Waals surface area contributed by atoms with E-state index >= 15 is 0 Å². The summed E-state index contributed by atoms with van der Waals surface area (Å²) < 4.78 is 4.56. The van der Waals surface area contributed by atoms with Gasteiger partial charge in [-0.25, -0.2) is 9.59 Å². The summed E-state index contributed by atoms with van der Waals surface area (Å²) in [5, 5.41) is 27.4. The zero-order valence-electron chi connectivity index (χ0n) is 9.94. The van der Waals surface area contributed by atoms with Crippen LogP contribution in [0.1, 0.15) is 10.4 Å². The van der Waals surface area contributed by atoms with Crippen LogP contribution in [0.2, 0.25) is 0 Å². The molecule has 2 atom stereocenters. The maximum atomic E-state index is 12.2. The molecule has 0 bridgehead atoms. The van der Waals surface area contributed by atoms with E-state index in [9.17, 15) is 19.5 Å². The van der Waals surface area contributed by atoms with Crippen LogP contribution in [0.5, 0.6) is 0 Å². The first kappa shape index (κ1) is 14.8. The van der Waals surface area contributed by atoms with Gasteiger partial charge in [0.2, 0.25) is 5.78 Å². The van der Waals surface area contributed by atoms with E-state index < -0.39 is 29.4 Å². The second-order valence-electron chi connectivity index (χ2n) is 3.68. The monoisotopic (exact) mass is 268 g/mol. The van der Waals surface area contributed by atoms with Gasteiger partial charge in [0.1, 0.15) is 0 Å². The molecule has 0 aliphatic rings. The first-order valence-corrected chi connectivity index (χ1v) is 5.17. The lowest BCUT2D eigenvalue weighted by molar-refractivity contribution is -0.179. The van der Waals surface area contributed by atoms with E-state index in [0.717, 1.165) is 7.11 Å². The molecule has 0 fully saturated rings. The van der Waals surface area contributed by atoms with Gasteiger partial charge in [0.25, 0.3) is 5.60 Å². The molecule has 7 nitrogen and oxygen atoms in total. The van der Waals surface area contributed by atoms with Crippen molar-refractivity contribution >= 4 is 17.7 Å². The number of aliphatic carboxylic acids is 2. The summed E-state index contributed by atoms with van der Waals surface area (Å²) in [5.74, 6) is -4.88. The Hall–Kier alpha value is -2.25. The normalized spacial score (nSPS) is 15.3. The molecule has 0 heterocycles. The minimum absolute atomic E-state index is 0.0768. The Balaban J connectivity index is 3.36. The van der Waals surface area contributed by atoms with Crippen LogP contribution < -0.4 is 0 Å². The third-order valence-corrected chi connectivity index (χ3v) is 2.63. The van der Waals surface area contributed by atoms with Gasteiger partial charge >= 0.3 is 11.9 Å². The Labute approximate surface area is 108 Å². The lowest BCUT2D eigenvalue weighted by Gasteiger charge is -2.28. The molecule has 1 aromatic carbocycles. The highest BCUT2D eigenvalue weighted by Gasteiger charge is 2.56. The van der Waals surface area contributed by atoms with Crippen LogP contribution in [-0.4, -0.2) is 51.9 Å². The number of benzene rings is 1. The standard InChI is InChI=1S/C12H12O7/c1-19-12(11(17)18,9(14)10(15)16)8(13)7-5-3-2-4-6-7/h2-6,9,14H,1H3,(H,15,16)(H,17,18)/t9?,12-/m1/s1. The van der Waals surface area contributed by atoms with E-state index in [2.05, 4.69) is 4.74 Å². The average molecular weight is 268 g/mol. The van der Waals surface area contributed by atoms with Crippen LogP contribution in [0.3, 0.4) is 0 Å². The molecule has 0 spiro atoms. The van der Waals surface area contributed by atoms with Crippen LogP contribution >= 0.6 is 0 Å². The van der Waals surface area contributed by atoms with Crippen molar-refractivity contribution in [1.29, 1.82) is 0 Å². The Kier molecular flexibility index (Phi) is 4.36. The minimum atomic E-state index is -2.88. The Morgan fingerprint density at radius 1 is 1.16 bits per heavy atom. The lowest BCUT2D eigenvalue weighted by atomic mass is 9.87. The summed E-state index contributed by atoms with van der Waals surface area (Å²) in [5.41, 5.74) is -2.96. The van der Waals surface area contributed by atoms with Gasteiger partial charge < -0.3 is 20.1 Å². The molecule has 0 amide bonds. The Bertz CT molecular complexity index is 496. The van der Waals surface area contributed by atoms with E-state index in [4.69, 9.17) is 10.2 Å². The highest BCUT2D eigenvalue weighted by atomic mass is 16.5. The number of carbonyl (C=O) groups excluding carboxylic acids is 1. The molecule has 19 heavy (non-hydrogen) atoms. The Morgan fingerprint density at radius 3 is 2.05 bits per heavy atom. The van der Waals surface area contributed by atoms with Gasteiger partial charge in [-0.1, -0.05) is 30.3 Å². The van der Waals surface area contributed by atoms with E-state index in [1.54, 1.807) is 6.07 Å². The lowest BCUT2D eigenvalue weighted by Crippen LogP contribution is -2.60. The SMILES string of the molecule is CO[C@](C(=O)O)(C(=O)c1ccccc1)C(O)C(=O)O. The van der Waals surface area contributed by atoms with Gasteiger partial charge in [0.15, 0.2) is 6.10 Å². The molecule has 102 valence electrons. The van der Waals surface area contributed by atoms with Crippen LogP contribution in [0.25, 0.3) is 0 Å². The first-order chi connectivity index (χ1) is 8.87. The second-order valence-corrected chi connectivity index (χ2v) is 3.68. The van der Waals surface area contributed by atoms with Crippen LogP contribution in [-0.2, 0) is 14.3 Å². The summed E-state index contributed by atoms with van der Waals surface area (Å²) in [4.78, 5) is 34.2. The third kappa shape index (κ3) is 2.47. The maximum Gasteiger partial charge on any atom is 0.347 e. The Morgan fingerprint density at radius 2 is 1.68 bits per heavy atom. The molecule has 1 rings (SSSR count). The molecule has 0 radical (unpaired) electrons. The number of aliphatic hydroxyl groups excluding tert-OH is 1. The van der Waals surface area contributed by atoms with E-state index in [1.165, 1.54) is 24.3 Å². The highest BCUT2D eigenvalue weighted by Crippen LogP contribution is 2.23. The van der Waals surface area contributed by atoms with Crippen molar-refractivity contribution in [3.8, 4) is 0 Å². The van der Waals surface area contributed by atoms with Gasteiger partial charge in [-0.3, -0.25) is 4.79 Å². The number of hydrogen-bond acceptors (Lipinski definition) is 5. The molecule has 0 aliphatic carbocycles. The number of carboxylic acids is 2. The van der Waals surface area contributed by atoms with Crippen molar-refractivity contribution in [2.24, 2.45) is 0 Å². The average Bonchev–Trinajstić information content (AvgIpc) is 2.40. The fraction of sp³-hybridized carbons (Fsp3) is 0.250. The van der Waals surface area contributed by atoms with Crippen molar-refractivity contribution in [2.75, 3.05) is 7.11 Å². The number of carbonyl (C=O) groups is 3. The molecule has 1 unspecified atom stereocenters. The van der Waals surface area contributed by atoms with E-state index in [0.29, 0.717) is 0 Å². The van der Waals surface area contributed by atoms with Gasteiger partial charge in [-0.2, -0.15) is 0 Å². The van der Waals surface area contributed by atoms with Crippen LogP contribution in [0.4, 0.5) is 0 Å². The summed E-state index contributed by atoms with van der Waals surface area (Å²) in [6.45, 7) is 0. The van der Waals surface area contributed by atoms with Gasteiger partial charge in [0, 0.05) is 12.7 Å². The van der Waals surface area contributed by atoms with Gasteiger partial charge in [0.05, 0.1) is 0 Å². The van der Waals surface area contributed by atoms with Crippen molar-refractivity contribution in [2.45, 2.75) is 11.7 Å². The number of Topliss-reactive ketones (excluding diaryl/α,β-unsaturated/α-hetero) is 1. The number of methoxy groups -OCH3 is 1. The summed E-state index contributed by atoms with van der Waals surface area (Å²) >= 11 is 0. The number of rotatable bonds is 6. The highest BCUT2D eigenvalue weighted by molar-refractivity contribution is 6.17. The van der Waals surface area contributed by atoms with Crippen molar-refractivity contribution < 1.29 is 34.4 Å². The molecular weight excluding hydrogens is 256 g/mol. The molecule has 0 saturated heterocycles. The van der Waals surface area contributed by atoms with Crippen LogP contribution in [0, 0.1) is 0 Å². The minimum Gasteiger partial charge on any atom is -0.479 e. The number of ketones is 1. The van der Waals surface area contributed by atoms with Crippen molar-refractivity contribution in [1.82, 2.24) is 0 Å². The molecule has 0 aromatic heterocycles. The molecule has 0 aliphatic heterocycles. The molecular formula is C12H12O7. The topological polar surface area (TPSA) is 121 Å². The van der Waals surface area contributed by atoms with Crippen molar-refractivity contribution in [3.05, 3.63) is 35.9 Å². The van der Waals surface area contributed by atoms with E-state index in [-0.39, 0.29) is 5.56 Å². The van der Waals surface area contributed by atoms with E-state index in [1.807, 2.05) is 0 Å². The molecule has 0 saturated carbocycles. The smallest absolute Gasteiger partial charge is 0.347 e. The summed E-state index contributed by atoms with van der Waals surface area (Å²) in [7, 11) is 0.848. The van der Waals surface area contributed by atoms with Crippen LogP contribution in [0.15, 0.2) is 30.3 Å². The fourth-order valence-electron chi connectivity index (χ4n) is 1.61. The predicted octanol–water partition coefficient (Wildman–Crippen LogP) is -0.215. The number of hydrogen-bond donors (Lipinski definition) is 3. The molecule has 7 heteroatoms. The molecule has 3 N–H and O–H groups in total. The van der Waals surface area contributed by atoms with Crippen molar-refractivity contribution in [3.63, 3.8) is 0 Å². The number of ether oxygens (including phenoxy) is 1. The maximum absolute atomic E-state index is 12.2. The molecule has 1 aromatic rings. The first-order valence-electron chi connectivity index (χ1n) is 5.17. The van der Waals surface area contributed by atoms with Gasteiger partial charge in [-0.05, 0) is 0 Å². The fourth-order valence-corrected chi connectivity index (χ4v) is 1.61. The quantitative estimate of drug-likeness (QED) is 0.482. The summed E-state index contributed by atoms with van der Waals surface area (Å²) in [6.07, 6.45) is -2.53. The largest absolute Gasteiger partial charge is 0.479 e. The van der Waals surface area contributed by atoms with Gasteiger partial charge in [-0.15, -0.1) is 0 Å². The predicted molar refractivity (Wildman–Crippen MR) is 61.8 cm³/mol.